The summed E-state index contributed by atoms with van der Waals surface area (Å²) in [5, 5.41) is 21.6. The lowest BCUT2D eigenvalue weighted by Crippen LogP contribution is -2.11. The number of nitro benzene ring substituents is 2. The van der Waals surface area contributed by atoms with Crippen molar-refractivity contribution in [3.05, 3.63) is 78.9 Å². The second-order valence-corrected chi connectivity index (χ2v) is 6.14. The maximum absolute atomic E-state index is 12.0. The van der Waals surface area contributed by atoms with E-state index < -0.39 is 21.8 Å². The van der Waals surface area contributed by atoms with Gasteiger partial charge in [0.2, 0.25) is 0 Å². The Labute approximate surface area is 165 Å². The van der Waals surface area contributed by atoms with Gasteiger partial charge in [-0.25, -0.2) is 9.59 Å². The molecule has 0 amide bonds. The van der Waals surface area contributed by atoms with Gasteiger partial charge in [0.25, 0.3) is 11.4 Å². The first-order valence-electron chi connectivity index (χ1n) is 8.55. The highest BCUT2D eigenvalue weighted by molar-refractivity contribution is 5.90. The van der Waals surface area contributed by atoms with Crippen molar-refractivity contribution < 1.29 is 28.9 Å². The molecule has 2 aromatic rings. The van der Waals surface area contributed by atoms with Crippen LogP contribution in [-0.4, -0.2) is 35.0 Å². The Morgan fingerprint density at radius 3 is 1.48 bits per heavy atom. The molecule has 0 radical (unpaired) electrons. The third kappa shape index (κ3) is 5.58. The van der Waals surface area contributed by atoms with E-state index in [0.717, 1.165) is 0 Å². The molecule has 0 aliphatic rings. The van der Waals surface area contributed by atoms with Gasteiger partial charge in [0.05, 0.1) is 34.2 Å². The van der Waals surface area contributed by atoms with Crippen molar-refractivity contribution in [2.45, 2.75) is 20.3 Å². The number of aryl methyl sites for hydroxylation is 2. The molecule has 0 aliphatic heterocycles. The van der Waals surface area contributed by atoms with E-state index in [0.29, 0.717) is 11.1 Å². The number of rotatable bonds is 8. The molecule has 2 aromatic carbocycles. The number of ether oxygens (including phenoxy) is 2. The number of nitro groups is 2. The molecule has 0 heterocycles. The van der Waals surface area contributed by atoms with Crippen LogP contribution >= 0.6 is 0 Å². The van der Waals surface area contributed by atoms with E-state index in [1.165, 1.54) is 50.2 Å². The van der Waals surface area contributed by atoms with Gasteiger partial charge in [-0.2, -0.15) is 0 Å². The highest BCUT2D eigenvalue weighted by Gasteiger charge is 2.16. The van der Waals surface area contributed by atoms with Crippen molar-refractivity contribution in [1.82, 2.24) is 0 Å². The predicted octanol–water partition coefficient (Wildman–Crippen LogP) is 3.52. The van der Waals surface area contributed by atoms with Crippen molar-refractivity contribution in [2.24, 2.45) is 0 Å². The highest BCUT2D eigenvalue weighted by atomic mass is 16.6. The molecular weight excluding hydrogens is 384 g/mol. The van der Waals surface area contributed by atoms with E-state index in [2.05, 4.69) is 0 Å². The molecule has 0 bridgehead atoms. The Kier molecular flexibility index (Phi) is 6.96. The van der Waals surface area contributed by atoms with Crippen molar-refractivity contribution in [2.75, 3.05) is 13.2 Å². The molecule has 0 fully saturated rings. The van der Waals surface area contributed by atoms with E-state index in [9.17, 15) is 29.8 Å². The summed E-state index contributed by atoms with van der Waals surface area (Å²) in [4.78, 5) is 44.4. The molecule has 0 atom stereocenters. The number of carbonyl (C=O) groups excluding carboxylic acids is 2. The average molecular weight is 402 g/mol. The zero-order chi connectivity index (χ0) is 21.6. The van der Waals surface area contributed by atoms with Crippen molar-refractivity contribution in [1.29, 1.82) is 0 Å². The van der Waals surface area contributed by atoms with Gasteiger partial charge in [-0.3, -0.25) is 20.2 Å². The van der Waals surface area contributed by atoms with Gasteiger partial charge >= 0.3 is 11.9 Å². The second-order valence-electron chi connectivity index (χ2n) is 6.14. The number of esters is 2. The summed E-state index contributed by atoms with van der Waals surface area (Å²) in [6, 6.07) is 7.84. The second kappa shape index (κ2) is 9.40. The molecule has 29 heavy (non-hydrogen) atoms. The fourth-order valence-electron chi connectivity index (χ4n) is 2.53. The van der Waals surface area contributed by atoms with E-state index in [1.54, 1.807) is 0 Å². The SMILES string of the molecule is Cc1cc(C(=O)OCCCOC(=O)c2ccc([N+](=O)[O-])c(C)c2)ccc1[N+](=O)[O-]. The molecular formula is C19H18N2O8. The minimum atomic E-state index is -0.639. The smallest absolute Gasteiger partial charge is 0.338 e. The maximum Gasteiger partial charge on any atom is 0.338 e. The van der Waals surface area contributed by atoms with Crippen LogP contribution in [0.15, 0.2) is 36.4 Å². The fourth-order valence-corrected chi connectivity index (χ4v) is 2.53. The average Bonchev–Trinajstić information content (AvgIpc) is 2.66. The van der Waals surface area contributed by atoms with Gasteiger partial charge < -0.3 is 9.47 Å². The van der Waals surface area contributed by atoms with Crippen molar-refractivity contribution in [3.8, 4) is 0 Å². The summed E-state index contributed by atoms with van der Waals surface area (Å²) in [7, 11) is 0. The molecule has 0 unspecified atom stereocenters. The summed E-state index contributed by atoms with van der Waals surface area (Å²) in [5.74, 6) is -1.28. The van der Waals surface area contributed by atoms with Crippen LogP contribution in [0.2, 0.25) is 0 Å². The molecule has 152 valence electrons. The van der Waals surface area contributed by atoms with E-state index in [-0.39, 0.29) is 42.1 Å². The minimum Gasteiger partial charge on any atom is -0.462 e. The summed E-state index contributed by atoms with van der Waals surface area (Å²) in [6.45, 7) is 3.02. The van der Waals surface area contributed by atoms with Crippen LogP contribution in [0.3, 0.4) is 0 Å². The van der Waals surface area contributed by atoms with Crippen LogP contribution in [0.1, 0.15) is 38.3 Å². The van der Waals surface area contributed by atoms with Gasteiger partial charge in [-0.1, -0.05) is 0 Å². The minimum absolute atomic E-state index is 0.0125. The maximum atomic E-state index is 12.0. The Balaban J connectivity index is 1.79. The van der Waals surface area contributed by atoms with Crippen LogP contribution in [0.5, 0.6) is 0 Å². The summed E-state index contributed by atoms with van der Waals surface area (Å²) >= 11 is 0. The number of carbonyl (C=O) groups is 2. The Hall–Kier alpha value is -3.82. The molecule has 0 N–H and O–H groups in total. The van der Waals surface area contributed by atoms with Crippen LogP contribution in [0, 0.1) is 34.1 Å². The standard InChI is InChI=1S/C19H18N2O8/c1-12-10-14(4-6-16(12)20(24)25)18(22)28-8-3-9-29-19(23)15-5-7-17(21(26)27)13(2)11-15/h4-7,10-11H,3,8-9H2,1-2H3. The van der Waals surface area contributed by atoms with Gasteiger partial charge in [-0.15, -0.1) is 0 Å². The lowest BCUT2D eigenvalue weighted by atomic mass is 10.1. The van der Waals surface area contributed by atoms with Crippen molar-refractivity contribution in [3.63, 3.8) is 0 Å². The zero-order valence-corrected chi connectivity index (χ0v) is 15.7. The van der Waals surface area contributed by atoms with Gasteiger partial charge in [0, 0.05) is 29.7 Å². The first kappa shape index (κ1) is 21.5. The number of benzene rings is 2. The fraction of sp³-hybridized carbons (Fsp3) is 0.263. The van der Waals surface area contributed by atoms with Gasteiger partial charge in [0.15, 0.2) is 0 Å². The van der Waals surface area contributed by atoms with E-state index in [1.807, 2.05) is 0 Å². The quantitative estimate of drug-likeness (QED) is 0.283. The normalized spacial score (nSPS) is 10.3. The predicted molar refractivity (Wildman–Crippen MR) is 101 cm³/mol. The largest absolute Gasteiger partial charge is 0.462 e. The summed E-state index contributed by atoms with van der Waals surface area (Å²) in [5.41, 5.74) is 0.885. The van der Waals surface area contributed by atoms with Crippen LogP contribution in [0.4, 0.5) is 11.4 Å². The van der Waals surface area contributed by atoms with Gasteiger partial charge in [0.1, 0.15) is 0 Å². The molecule has 0 aliphatic carbocycles. The molecule has 0 saturated heterocycles. The molecule has 2 rings (SSSR count). The number of hydrogen-bond acceptors (Lipinski definition) is 8. The Morgan fingerprint density at radius 1 is 0.793 bits per heavy atom. The molecule has 0 aromatic heterocycles. The van der Waals surface area contributed by atoms with Crippen molar-refractivity contribution >= 4 is 23.3 Å². The Morgan fingerprint density at radius 2 is 1.17 bits per heavy atom. The highest BCUT2D eigenvalue weighted by Crippen LogP contribution is 2.20. The number of hydrogen-bond donors (Lipinski definition) is 0. The zero-order valence-electron chi connectivity index (χ0n) is 15.7. The Bertz CT molecular complexity index is 893. The van der Waals surface area contributed by atoms with E-state index in [4.69, 9.17) is 9.47 Å². The van der Waals surface area contributed by atoms with Crippen LogP contribution < -0.4 is 0 Å². The number of nitrogens with zero attached hydrogens (tertiary/aromatic N) is 2. The summed E-state index contributed by atoms with van der Waals surface area (Å²) < 4.78 is 10.1. The molecule has 10 heteroatoms. The van der Waals surface area contributed by atoms with E-state index >= 15 is 0 Å². The molecule has 0 saturated carbocycles. The lowest BCUT2D eigenvalue weighted by Gasteiger charge is -2.07. The van der Waals surface area contributed by atoms with Crippen LogP contribution in [0.25, 0.3) is 0 Å². The molecule has 0 spiro atoms. The third-order valence-corrected chi connectivity index (χ3v) is 4.01. The van der Waals surface area contributed by atoms with Gasteiger partial charge in [-0.05, 0) is 38.1 Å². The lowest BCUT2D eigenvalue weighted by molar-refractivity contribution is -0.385. The van der Waals surface area contributed by atoms with Crippen LogP contribution in [-0.2, 0) is 9.47 Å². The monoisotopic (exact) mass is 402 g/mol. The third-order valence-electron chi connectivity index (χ3n) is 4.01. The molecule has 10 nitrogen and oxygen atoms in total. The first-order chi connectivity index (χ1) is 13.7. The summed E-state index contributed by atoms with van der Waals surface area (Å²) in [6.07, 6.45) is 0.245. The topological polar surface area (TPSA) is 139 Å². The first-order valence-corrected chi connectivity index (χ1v) is 8.55.